The van der Waals surface area contributed by atoms with Crippen LogP contribution < -0.4 is 0 Å². The van der Waals surface area contributed by atoms with Crippen LogP contribution in [0.15, 0.2) is 42.5 Å². The number of benzene rings is 2. The van der Waals surface area contributed by atoms with Gasteiger partial charge < -0.3 is 5.11 Å². The van der Waals surface area contributed by atoms with Gasteiger partial charge in [-0.3, -0.25) is 0 Å². The SMILES string of the molecule is Cc1c(CO)cccc1-c1cccc(Cl)c1. The fraction of sp³-hybridized carbons (Fsp3) is 0.143. The summed E-state index contributed by atoms with van der Waals surface area (Å²) >= 11 is 5.97. The highest BCUT2D eigenvalue weighted by Gasteiger charge is 2.05. The zero-order valence-electron chi connectivity index (χ0n) is 9.07. The van der Waals surface area contributed by atoms with E-state index in [4.69, 9.17) is 11.6 Å². The van der Waals surface area contributed by atoms with E-state index in [2.05, 4.69) is 0 Å². The van der Waals surface area contributed by atoms with Crippen molar-refractivity contribution >= 4 is 11.6 Å². The minimum absolute atomic E-state index is 0.0697. The quantitative estimate of drug-likeness (QED) is 0.835. The Kier molecular flexibility index (Phi) is 3.28. The molecular weight excluding hydrogens is 220 g/mol. The second kappa shape index (κ2) is 4.69. The molecule has 0 amide bonds. The van der Waals surface area contributed by atoms with Gasteiger partial charge in [0.15, 0.2) is 0 Å². The molecule has 1 N–H and O–H groups in total. The fourth-order valence-electron chi connectivity index (χ4n) is 1.82. The van der Waals surface area contributed by atoms with Crippen LogP contribution in [0.2, 0.25) is 5.02 Å². The maximum atomic E-state index is 9.22. The first-order chi connectivity index (χ1) is 7.72. The maximum absolute atomic E-state index is 9.22. The summed E-state index contributed by atoms with van der Waals surface area (Å²) in [4.78, 5) is 0. The summed E-state index contributed by atoms with van der Waals surface area (Å²) in [5, 5.41) is 9.95. The summed E-state index contributed by atoms with van der Waals surface area (Å²) in [5.41, 5.74) is 4.26. The molecule has 0 spiro atoms. The van der Waals surface area contributed by atoms with E-state index in [0.717, 1.165) is 27.3 Å². The van der Waals surface area contributed by atoms with Gasteiger partial charge in [0.2, 0.25) is 0 Å². The van der Waals surface area contributed by atoms with Crippen molar-refractivity contribution in [3.8, 4) is 11.1 Å². The van der Waals surface area contributed by atoms with Gasteiger partial charge >= 0.3 is 0 Å². The molecule has 2 aromatic carbocycles. The Balaban J connectivity index is 2.56. The molecule has 16 heavy (non-hydrogen) atoms. The molecule has 0 fully saturated rings. The van der Waals surface area contributed by atoms with Gasteiger partial charge in [-0.15, -0.1) is 0 Å². The molecule has 0 bridgehead atoms. The van der Waals surface area contributed by atoms with Gasteiger partial charge in [0.25, 0.3) is 0 Å². The third kappa shape index (κ3) is 2.11. The summed E-state index contributed by atoms with van der Waals surface area (Å²) in [5.74, 6) is 0. The average molecular weight is 233 g/mol. The zero-order valence-corrected chi connectivity index (χ0v) is 9.83. The molecule has 2 aromatic rings. The van der Waals surface area contributed by atoms with Crippen LogP contribution in [0.5, 0.6) is 0 Å². The minimum Gasteiger partial charge on any atom is -0.392 e. The highest BCUT2D eigenvalue weighted by Crippen LogP contribution is 2.27. The van der Waals surface area contributed by atoms with Gasteiger partial charge in [0.05, 0.1) is 6.61 Å². The standard InChI is InChI=1S/C14H13ClO/c1-10-12(9-16)5-3-7-14(10)11-4-2-6-13(15)8-11/h2-8,16H,9H2,1H3. The summed E-state index contributed by atoms with van der Waals surface area (Å²) in [6, 6.07) is 13.7. The van der Waals surface area contributed by atoms with E-state index in [1.54, 1.807) is 0 Å². The largest absolute Gasteiger partial charge is 0.392 e. The molecule has 2 heteroatoms. The lowest BCUT2D eigenvalue weighted by Crippen LogP contribution is -1.91. The van der Waals surface area contributed by atoms with Crippen molar-refractivity contribution < 1.29 is 5.11 Å². The van der Waals surface area contributed by atoms with Gasteiger partial charge in [-0.2, -0.15) is 0 Å². The summed E-state index contributed by atoms with van der Waals surface area (Å²) in [6.45, 7) is 2.09. The predicted molar refractivity (Wildman–Crippen MR) is 67.5 cm³/mol. The Bertz CT molecular complexity index is 506. The van der Waals surface area contributed by atoms with Crippen LogP contribution in [0.25, 0.3) is 11.1 Å². The van der Waals surface area contributed by atoms with E-state index < -0.39 is 0 Å². The molecule has 0 unspecified atom stereocenters. The molecule has 0 aliphatic rings. The lowest BCUT2D eigenvalue weighted by molar-refractivity contribution is 0.281. The first kappa shape index (κ1) is 11.2. The molecule has 0 aliphatic heterocycles. The molecule has 0 atom stereocenters. The third-order valence-corrected chi connectivity index (χ3v) is 2.99. The van der Waals surface area contributed by atoms with Crippen molar-refractivity contribution in [3.63, 3.8) is 0 Å². The van der Waals surface area contributed by atoms with Crippen molar-refractivity contribution in [1.82, 2.24) is 0 Å². The molecule has 0 saturated carbocycles. The molecule has 0 saturated heterocycles. The van der Waals surface area contributed by atoms with Crippen molar-refractivity contribution in [2.24, 2.45) is 0 Å². The normalized spacial score (nSPS) is 10.4. The van der Waals surface area contributed by atoms with Crippen molar-refractivity contribution in [2.75, 3.05) is 0 Å². The topological polar surface area (TPSA) is 20.2 Å². The first-order valence-corrected chi connectivity index (χ1v) is 5.55. The Morgan fingerprint density at radius 3 is 2.56 bits per heavy atom. The van der Waals surface area contributed by atoms with Gasteiger partial charge in [0, 0.05) is 5.02 Å². The van der Waals surface area contributed by atoms with Crippen LogP contribution in [0.4, 0.5) is 0 Å². The number of hydrogen-bond acceptors (Lipinski definition) is 1. The van der Waals surface area contributed by atoms with Crippen molar-refractivity contribution in [3.05, 3.63) is 58.6 Å². The fourth-order valence-corrected chi connectivity index (χ4v) is 2.01. The second-order valence-electron chi connectivity index (χ2n) is 3.76. The van der Waals surface area contributed by atoms with E-state index in [-0.39, 0.29) is 6.61 Å². The maximum Gasteiger partial charge on any atom is 0.0684 e. The smallest absolute Gasteiger partial charge is 0.0684 e. The Morgan fingerprint density at radius 1 is 1.12 bits per heavy atom. The van der Waals surface area contributed by atoms with Crippen LogP contribution in [0.1, 0.15) is 11.1 Å². The lowest BCUT2D eigenvalue weighted by atomic mass is 9.97. The van der Waals surface area contributed by atoms with Crippen LogP contribution in [0.3, 0.4) is 0 Å². The van der Waals surface area contributed by atoms with Crippen molar-refractivity contribution in [1.29, 1.82) is 0 Å². The van der Waals surface area contributed by atoms with Crippen LogP contribution in [-0.2, 0) is 6.61 Å². The minimum atomic E-state index is 0.0697. The number of aliphatic hydroxyl groups excluding tert-OH is 1. The van der Waals surface area contributed by atoms with E-state index in [9.17, 15) is 5.11 Å². The van der Waals surface area contributed by atoms with E-state index in [1.165, 1.54) is 0 Å². The monoisotopic (exact) mass is 232 g/mol. The highest BCUT2D eigenvalue weighted by molar-refractivity contribution is 6.30. The third-order valence-electron chi connectivity index (χ3n) is 2.75. The summed E-state index contributed by atoms with van der Waals surface area (Å²) in [7, 11) is 0. The molecule has 2 rings (SSSR count). The number of aliphatic hydroxyl groups is 1. The summed E-state index contributed by atoms with van der Waals surface area (Å²) < 4.78 is 0. The summed E-state index contributed by atoms with van der Waals surface area (Å²) in [6.07, 6.45) is 0. The number of rotatable bonds is 2. The van der Waals surface area contributed by atoms with E-state index in [0.29, 0.717) is 0 Å². The van der Waals surface area contributed by atoms with Gasteiger partial charge in [-0.1, -0.05) is 41.9 Å². The van der Waals surface area contributed by atoms with Gasteiger partial charge in [0.1, 0.15) is 0 Å². The molecular formula is C14H13ClO. The van der Waals surface area contributed by atoms with Gasteiger partial charge in [-0.05, 0) is 41.3 Å². The first-order valence-electron chi connectivity index (χ1n) is 5.17. The Morgan fingerprint density at radius 2 is 1.88 bits per heavy atom. The molecule has 0 heterocycles. The van der Waals surface area contributed by atoms with Crippen molar-refractivity contribution in [2.45, 2.75) is 13.5 Å². The lowest BCUT2D eigenvalue weighted by Gasteiger charge is -2.10. The zero-order chi connectivity index (χ0) is 11.5. The highest BCUT2D eigenvalue weighted by atomic mass is 35.5. The predicted octanol–water partition coefficient (Wildman–Crippen LogP) is 3.81. The number of halogens is 1. The Hall–Kier alpha value is -1.31. The van der Waals surface area contributed by atoms with Crippen LogP contribution in [0, 0.1) is 6.92 Å². The van der Waals surface area contributed by atoms with E-state index >= 15 is 0 Å². The van der Waals surface area contributed by atoms with Gasteiger partial charge in [-0.25, -0.2) is 0 Å². The van der Waals surface area contributed by atoms with Crippen LogP contribution in [-0.4, -0.2) is 5.11 Å². The molecule has 1 nitrogen and oxygen atoms in total. The Labute approximate surface area is 100 Å². The second-order valence-corrected chi connectivity index (χ2v) is 4.19. The number of hydrogen-bond donors (Lipinski definition) is 1. The van der Waals surface area contributed by atoms with Crippen LogP contribution >= 0.6 is 11.6 Å². The molecule has 0 radical (unpaired) electrons. The van der Waals surface area contributed by atoms with E-state index in [1.807, 2.05) is 49.4 Å². The molecule has 0 aliphatic carbocycles. The molecule has 82 valence electrons. The molecule has 0 aromatic heterocycles. The average Bonchev–Trinajstić information content (AvgIpc) is 2.29.